The molecule has 0 saturated heterocycles. The lowest BCUT2D eigenvalue weighted by Crippen LogP contribution is -2.25. The lowest BCUT2D eigenvalue weighted by atomic mass is 10.1. The monoisotopic (exact) mass is 352 g/mol. The fourth-order valence-corrected chi connectivity index (χ4v) is 2.57. The molecule has 1 N–H and O–H groups in total. The number of nitrogens with one attached hydrogen (secondary N) is 1. The molecule has 1 aromatic heterocycles. The molecule has 0 spiro atoms. The Balaban J connectivity index is 2.00. The van der Waals surface area contributed by atoms with Gasteiger partial charge in [0.1, 0.15) is 16.9 Å². The molecule has 0 aliphatic heterocycles. The van der Waals surface area contributed by atoms with Crippen molar-refractivity contribution in [2.45, 2.75) is 6.92 Å². The third kappa shape index (κ3) is 3.14. The Morgan fingerprint density at radius 2 is 1.88 bits per heavy atom. The van der Waals surface area contributed by atoms with Crippen LogP contribution in [0.15, 0.2) is 51.7 Å². The Hall–Kier alpha value is -3.61. The Morgan fingerprint density at radius 1 is 1.12 bits per heavy atom. The second-order valence-corrected chi connectivity index (χ2v) is 5.57. The number of hydrogen-bond acceptors (Lipinski definition) is 6. The molecule has 0 radical (unpaired) electrons. The van der Waals surface area contributed by atoms with Crippen LogP contribution in [0, 0.1) is 6.92 Å². The van der Waals surface area contributed by atoms with Crippen LogP contribution in [-0.4, -0.2) is 19.0 Å². The van der Waals surface area contributed by atoms with Crippen molar-refractivity contribution in [1.82, 2.24) is 0 Å². The van der Waals surface area contributed by atoms with Gasteiger partial charge in [-0.2, -0.15) is 0 Å². The molecule has 0 atom stereocenters. The van der Waals surface area contributed by atoms with Gasteiger partial charge in [-0.15, -0.1) is 0 Å². The molecule has 132 valence electrons. The Kier molecular flexibility index (Phi) is 4.45. The van der Waals surface area contributed by atoms with E-state index in [-0.39, 0.29) is 16.8 Å². The highest BCUT2D eigenvalue weighted by Gasteiger charge is 2.16. The normalized spacial score (nSPS) is 10.5. The third-order valence-corrected chi connectivity index (χ3v) is 3.99. The molecule has 0 aliphatic carbocycles. The van der Waals surface area contributed by atoms with E-state index < -0.39 is 17.5 Å². The summed E-state index contributed by atoms with van der Waals surface area (Å²) in [6, 6.07) is 10.6. The molecule has 0 bridgehead atoms. The highest BCUT2D eigenvalue weighted by molar-refractivity contribution is 6.06. The summed E-state index contributed by atoms with van der Waals surface area (Å²) >= 11 is 0. The van der Waals surface area contributed by atoms with Crippen LogP contribution in [0.4, 0.5) is 5.69 Å². The zero-order chi connectivity index (χ0) is 18.8. The molecule has 2 aromatic carbocycles. The summed E-state index contributed by atoms with van der Waals surface area (Å²) < 4.78 is 10.3. The number of carbonyl (C=O) groups is 2. The molecule has 1 amide bonds. The molecular weight excluding hydrogens is 338 g/mol. The number of carbonyl (C=O) groups excluding carboxylic acids is 2. The number of fused-ring (bicyclic) bond motifs is 1. The Bertz CT molecular complexity index is 1080. The average molecular weight is 352 g/mol. The van der Waals surface area contributed by atoms with Crippen LogP contribution in [0.3, 0.4) is 0 Å². The van der Waals surface area contributed by atoms with Gasteiger partial charge >= 0.3 is 5.63 Å². The Morgan fingerprint density at radius 3 is 2.58 bits per heavy atom. The molecule has 7 nitrogen and oxygen atoms in total. The number of benzene rings is 2. The number of anilines is 1. The van der Waals surface area contributed by atoms with E-state index in [2.05, 4.69) is 5.32 Å². The van der Waals surface area contributed by atoms with E-state index in [1.165, 1.54) is 38.3 Å². The van der Waals surface area contributed by atoms with Gasteiger partial charge in [0.25, 0.3) is 5.91 Å². The average Bonchev–Trinajstić information content (AvgIpc) is 2.62. The van der Waals surface area contributed by atoms with E-state index >= 15 is 0 Å². The van der Waals surface area contributed by atoms with Gasteiger partial charge in [0, 0.05) is 16.6 Å². The van der Waals surface area contributed by atoms with E-state index in [1.54, 1.807) is 18.2 Å². The fourth-order valence-electron chi connectivity index (χ4n) is 2.57. The first-order chi connectivity index (χ1) is 12.4. The lowest BCUT2D eigenvalue weighted by Gasteiger charge is -2.13. The van der Waals surface area contributed by atoms with Gasteiger partial charge in [-0.3, -0.25) is 4.79 Å². The molecule has 0 aliphatic rings. The summed E-state index contributed by atoms with van der Waals surface area (Å²) in [5.74, 6) is -1.51. The standard InChI is InChI=1S/C19H15NO6/c1-10-13(18(22)23)4-3-5-15(10)20-17(21)14-9-11-8-12(25-2)6-7-16(11)26-19(14)24/h3-9H,1-2H3,(H,20,21)(H,22,23)/p-1. The minimum absolute atomic E-state index is 0.0434. The first kappa shape index (κ1) is 17.2. The number of methoxy groups -OCH3 is 1. The van der Waals surface area contributed by atoms with Crippen molar-refractivity contribution in [1.29, 1.82) is 0 Å². The summed E-state index contributed by atoms with van der Waals surface area (Å²) in [4.78, 5) is 35.7. The van der Waals surface area contributed by atoms with E-state index in [0.29, 0.717) is 22.3 Å². The third-order valence-electron chi connectivity index (χ3n) is 3.99. The topological polar surface area (TPSA) is 109 Å². The molecule has 3 aromatic rings. The molecule has 7 heteroatoms. The largest absolute Gasteiger partial charge is 0.545 e. The van der Waals surface area contributed by atoms with Crippen molar-refractivity contribution in [2.75, 3.05) is 12.4 Å². The Labute approximate surface area is 147 Å². The van der Waals surface area contributed by atoms with Gasteiger partial charge < -0.3 is 24.4 Å². The van der Waals surface area contributed by atoms with Crippen LogP contribution in [0.25, 0.3) is 11.0 Å². The summed E-state index contributed by atoms with van der Waals surface area (Å²) in [5.41, 5.74) is -0.132. The minimum atomic E-state index is -1.35. The maximum absolute atomic E-state index is 12.5. The maximum atomic E-state index is 12.5. The van der Waals surface area contributed by atoms with Crippen LogP contribution in [0.2, 0.25) is 0 Å². The number of hydrogen-bond donors (Lipinski definition) is 1. The molecule has 26 heavy (non-hydrogen) atoms. The number of rotatable bonds is 4. The summed E-state index contributed by atoms with van der Waals surface area (Å²) in [6.07, 6.45) is 0. The van der Waals surface area contributed by atoms with Crippen molar-refractivity contribution in [3.05, 3.63) is 69.6 Å². The molecular formula is C19H14NO6-. The molecule has 0 fully saturated rings. The summed E-state index contributed by atoms with van der Waals surface area (Å²) in [7, 11) is 1.50. The van der Waals surface area contributed by atoms with Gasteiger partial charge in [-0.05, 0) is 42.8 Å². The predicted molar refractivity (Wildman–Crippen MR) is 92.5 cm³/mol. The van der Waals surface area contributed by atoms with Crippen molar-refractivity contribution >= 4 is 28.5 Å². The predicted octanol–water partition coefficient (Wildman–Crippen LogP) is 1.73. The summed E-state index contributed by atoms with van der Waals surface area (Å²) in [6.45, 7) is 1.54. The van der Waals surface area contributed by atoms with E-state index in [9.17, 15) is 19.5 Å². The number of amides is 1. The van der Waals surface area contributed by atoms with Crippen molar-refractivity contribution in [3.8, 4) is 5.75 Å². The number of ether oxygens (including phenoxy) is 1. The van der Waals surface area contributed by atoms with Crippen molar-refractivity contribution < 1.29 is 23.8 Å². The van der Waals surface area contributed by atoms with Crippen LogP contribution in [0.5, 0.6) is 5.75 Å². The highest BCUT2D eigenvalue weighted by atomic mass is 16.5. The first-order valence-electron chi connectivity index (χ1n) is 7.65. The van der Waals surface area contributed by atoms with Crippen molar-refractivity contribution in [3.63, 3.8) is 0 Å². The number of carboxylic acid groups (broad SMARTS) is 1. The first-order valence-corrected chi connectivity index (χ1v) is 7.65. The molecule has 3 rings (SSSR count). The minimum Gasteiger partial charge on any atom is -0.545 e. The second kappa shape index (κ2) is 6.72. The number of carboxylic acids is 1. The van der Waals surface area contributed by atoms with Crippen molar-refractivity contribution in [2.24, 2.45) is 0 Å². The van der Waals surface area contributed by atoms with Crippen LogP contribution < -0.4 is 20.8 Å². The van der Waals surface area contributed by atoms with Gasteiger partial charge in [-0.25, -0.2) is 4.79 Å². The lowest BCUT2D eigenvalue weighted by molar-refractivity contribution is -0.255. The van der Waals surface area contributed by atoms with Crippen LogP contribution in [0.1, 0.15) is 26.3 Å². The quantitative estimate of drug-likeness (QED) is 0.716. The summed E-state index contributed by atoms with van der Waals surface area (Å²) in [5, 5.41) is 14.1. The molecule has 1 heterocycles. The highest BCUT2D eigenvalue weighted by Crippen LogP contribution is 2.22. The zero-order valence-corrected chi connectivity index (χ0v) is 14.0. The van der Waals surface area contributed by atoms with E-state index in [4.69, 9.17) is 9.15 Å². The van der Waals surface area contributed by atoms with E-state index in [1.807, 2.05) is 0 Å². The SMILES string of the molecule is COc1ccc2oc(=O)c(C(=O)Nc3cccc(C(=O)[O-])c3C)cc2c1. The van der Waals surface area contributed by atoms with E-state index in [0.717, 1.165) is 0 Å². The van der Waals surface area contributed by atoms with Crippen LogP contribution in [-0.2, 0) is 0 Å². The fraction of sp³-hybridized carbons (Fsp3) is 0.105. The smallest absolute Gasteiger partial charge is 0.349 e. The number of aromatic carboxylic acids is 1. The van der Waals surface area contributed by atoms with Crippen LogP contribution >= 0.6 is 0 Å². The molecule has 0 saturated carbocycles. The maximum Gasteiger partial charge on any atom is 0.349 e. The second-order valence-electron chi connectivity index (χ2n) is 5.57. The van der Waals surface area contributed by atoms with Gasteiger partial charge in [0.2, 0.25) is 0 Å². The van der Waals surface area contributed by atoms with Gasteiger partial charge in [-0.1, -0.05) is 12.1 Å². The molecule has 0 unspecified atom stereocenters. The van der Waals surface area contributed by atoms with Gasteiger partial charge in [0.15, 0.2) is 0 Å². The zero-order valence-electron chi connectivity index (χ0n) is 14.0. The van der Waals surface area contributed by atoms with Gasteiger partial charge in [0.05, 0.1) is 13.1 Å².